The number of nitrogens with zero attached hydrogens (tertiary/aromatic N) is 4. The highest BCUT2D eigenvalue weighted by Gasteiger charge is 2.25. The van der Waals surface area contributed by atoms with Crippen molar-refractivity contribution in [2.45, 2.75) is 45.3 Å². The maximum atomic E-state index is 14.0. The van der Waals surface area contributed by atoms with E-state index in [9.17, 15) is 9.18 Å². The number of aromatic nitrogens is 2. The molecule has 1 saturated heterocycles. The molecular weight excluding hydrogens is 409 g/mol. The minimum absolute atomic E-state index is 0.00972. The summed E-state index contributed by atoms with van der Waals surface area (Å²) >= 11 is 6.24. The molecule has 0 aliphatic carbocycles. The lowest BCUT2D eigenvalue weighted by atomic mass is 10.1. The monoisotopic (exact) mass is 431 g/mol. The Bertz CT molecular complexity index is 978. The molecule has 0 saturated carbocycles. The van der Waals surface area contributed by atoms with Gasteiger partial charge in [-0.1, -0.05) is 17.7 Å². The number of piperidine rings is 1. The van der Waals surface area contributed by atoms with Gasteiger partial charge >= 0.3 is 6.09 Å². The first-order valence-corrected chi connectivity index (χ1v) is 10.0. The Kier molecular flexibility index (Phi) is 6.42. The number of nitriles is 1. The third-order valence-corrected chi connectivity index (χ3v) is 4.87. The summed E-state index contributed by atoms with van der Waals surface area (Å²) in [5.41, 5.74) is 0.299. The van der Waals surface area contributed by atoms with Gasteiger partial charge in [0.25, 0.3) is 0 Å². The second-order valence-electron chi connectivity index (χ2n) is 8.08. The van der Waals surface area contributed by atoms with Crippen molar-refractivity contribution >= 4 is 23.6 Å². The van der Waals surface area contributed by atoms with Crippen LogP contribution in [0.25, 0.3) is 11.3 Å². The van der Waals surface area contributed by atoms with Gasteiger partial charge in [0.2, 0.25) is 5.95 Å². The van der Waals surface area contributed by atoms with Gasteiger partial charge < -0.3 is 15.0 Å². The van der Waals surface area contributed by atoms with Crippen molar-refractivity contribution in [3.63, 3.8) is 0 Å². The average Bonchev–Trinajstić information content (AvgIpc) is 2.67. The van der Waals surface area contributed by atoms with E-state index in [0.29, 0.717) is 48.2 Å². The highest BCUT2D eigenvalue weighted by molar-refractivity contribution is 6.32. The van der Waals surface area contributed by atoms with E-state index in [1.165, 1.54) is 18.3 Å². The van der Waals surface area contributed by atoms with Gasteiger partial charge in [-0.15, -0.1) is 0 Å². The predicted molar refractivity (Wildman–Crippen MR) is 112 cm³/mol. The van der Waals surface area contributed by atoms with Gasteiger partial charge in [0.1, 0.15) is 17.5 Å². The zero-order chi connectivity index (χ0) is 21.9. The van der Waals surface area contributed by atoms with Crippen molar-refractivity contribution in [3.05, 3.63) is 40.8 Å². The molecule has 2 heterocycles. The number of nitrogens with one attached hydrogen (secondary N) is 1. The van der Waals surface area contributed by atoms with Crippen molar-refractivity contribution in [2.24, 2.45) is 0 Å². The molecule has 0 bridgehead atoms. The standard InChI is InChI=1S/C21H23ClFN5O2/c1-21(2,3)30-20(29)26-15-6-8-28(9-7-15)19-25-12-16(22)18(27-19)13-4-5-14(11-24)17(23)10-13/h4-5,10,12,15H,6-9H2,1-3H3,(H,26,29). The number of hydrogen-bond acceptors (Lipinski definition) is 6. The van der Waals surface area contributed by atoms with Crippen molar-refractivity contribution < 1.29 is 13.9 Å². The average molecular weight is 432 g/mol. The Morgan fingerprint density at radius 1 is 1.37 bits per heavy atom. The van der Waals surface area contributed by atoms with E-state index in [1.54, 1.807) is 12.1 Å². The summed E-state index contributed by atoms with van der Waals surface area (Å²) in [6, 6.07) is 6.05. The van der Waals surface area contributed by atoms with Crippen LogP contribution in [0, 0.1) is 17.1 Å². The number of rotatable bonds is 3. The zero-order valence-corrected chi connectivity index (χ0v) is 17.8. The van der Waals surface area contributed by atoms with Gasteiger partial charge in [-0.2, -0.15) is 5.26 Å². The summed E-state index contributed by atoms with van der Waals surface area (Å²) in [5.74, 6) is -0.143. The maximum Gasteiger partial charge on any atom is 0.407 e. The fourth-order valence-corrected chi connectivity index (χ4v) is 3.36. The predicted octanol–water partition coefficient (Wildman–Crippen LogP) is 4.30. The smallest absolute Gasteiger partial charge is 0.407 e. The van der Waals surface area contributed by atoms with E-state index in [2.05, 4.69) is 15.3 Å². The fourth-order valence-electron chi connectivity index (χ4n) is 3.16. The Balaban J connectivity index is 1.68. The van der Waals surface area contributed by atoms with E-state index in [-0.39, 0.29) is 11.6 Å². The summed E-state index contributed by atoms with van der Waals surface area (Å²) in [5, 5.41) is 12.1. The largest absolute Gasteiger partial charge is 0.444 e. The van der Waals surface area contributed by atoms with Gasteiger partial charge in [-0.3, -0.25) is 0 Å². The summed E-state index contributed by atoms with van der Waals surface area (Å²) in [6.45, 7) is 6.76. The molecule has 1 amide bonds. The molecule has 1 aliphatic rings. The molecule has 0 spiro atoms. The maximum absolute atomic E-state index is 14.0. The first kappa shape index (κ1) is 21.8. The second kappa shape index (κ2) is 8.84. The molecule has 7 nitrogen and oxygen atoms in total. The van der Waals surface area contributed by atoms with Crippen LogP contribution in [0.1, 0.15) is 39.2 Å². The van der Waals surface area contributed by atoms with Crippen molar-refractivity contribution in [1.82, 2.24) is 15.3 Å². The Morgan fingerprint density at radius 2 is 2.07 bits per heavy atom. The SMILES string of the molecule is CC(C)(C)OC(=O)NC1CCN(c2ncc(Cl)c(-c3ccc(C#N)c(F)c3)n2)CC1. The molecule has 1 aliphatic heterocycles. The number of hydrogen-bond donors (Lipinski definition) is 1. The minimum Gasteiger partial charge on any atom is -0.444 e. The number of ether oxygens (including phenoxy) is 1. The zero-order valence-electron chi connectivity index (χ0n) is 17.1. The summed E-state index contributed by atoms with van der Waals surface area (Å²) in [4.78, 5) is 22.8. The first-order chi connectivity index (χ1) is 14.2. The number of amides is 1. The van der Waals surface area contributed by atoms with Crippen LogP contribution in [-0.4, -0.2) is 40.8 Å². The summed E-state index contributed by atoms with van der Waals surface area (Å²) in [7, 11) is 0. The van der Waals surface area contributed by atoms with Gasteiger partial charge in [-0.25, -0.2) is 19.2 Å². The quantitative estimate of drug-likeness (QED) is 0.778. The van der Waals surface area contributed by atoms with Crippen LogP contribution in [0.2, 0.25) is 5.02 Å². The third kappa shape index (κ3) is 5.36. The van der Waals surface area contributed by atoms with Crippen LogP contribution in [0.5, 0.6) is 0 Å². The van der Waals surface area contributed by atoms with Crippen molar-refractivity contribution in [1.29, 1.82) is 5.26 Å². The van der Waals surface area contributed by atoms with E-state index >= 15 is 0 Å². The Hall–Kier alpha value is -2.92. The Morgan fingerprint density at radius 3 is 2.67 bits per heavy atom. The molecular formula is C21H23ClFN5O2. The number of anilines is 1. The van der Waals surface area contributed by atoms with E-state index < -0.39 is 17.5 Å². The van der Waals surface area contributed by atoms with Crippen LogP contribution in [-0.2, 0) is 4.74 Å². The lowest BCUT2D eigenvalue weighted by Gasteiger charge is -2.33. The molecule has 0 radical (unpaired) electrons. The molecule has 1 aromatic carbocycles. The molecule has 158 valence electrons. The summed E-state index contributed by atoms with van der Waals surface area (Å²) < 4.78 is 19.3. The van der Waals surface area contributed by atoms with Gasteiger partial charge in [-0.05, 0) is 45.7 Å². The molecule has 2 aromatic rings. The molecule has 0 atom stereocenters. The number of halogens is 2. The summed E-state index contributed by atoms with van der Waals surface area (Å²) in [6.07, 6.45) is 2.49. The van der Waals surface area contributed by atoms with Crippen LogP contribution in [0.4, 0.5) is 15.1 Å². The Labute approximate surface area is 179 Å². The van der Waals surface area contributed by atoms with Crippen LogP contribution >= 0.6 is 11.6 Å². The molecule has 3 rings (SSSR count). The molecule has 1 fully saturated rings. The lowest BCUT2D eigenvalue weighted by Crippen LogP contribution is -2.46. The minimum atomic E-state index is -0.625. The molecule has 1 N–H and O–H groups in total. The third-order valence-electron chi connectivity index (χ3n) is 4.59. The van der Waals surface area contributed by atoms with E-state index in [1.807, 2.05) is 25.7 Å². The topological polar surface area (TPSA) is 91.1 Å². The molecule has 30 heavy (non-hydrogen) atoms. The van der Waals surface area contributed by atoms with Crippen LogP contribution < -0.4 is 10.2 Å². The van der Waals surface area contributed by atoms with E-state index in [0.717, 1.165) is 0 Å². The van der Waals surface area contributed by atoms with Crippen LogP contribution in [0.15, 0.2) is 24.4 Å². The normalized spacial score (nSPS) is 14.9. The number of benzene rings is 1. The van der Waals surface area contributed by atoms with Gasteiger partial charge in [0, 0.05) is 24.7 Å². The molecule has 0 unspecified atom stereocenters. The fraction of sp³-hybridized carbons (Fsp3) is 0.429. The van der Waals surface area contributed by atoms with Crippen LogP contribution in [0.3, 0.4) is 0 Å². The highest BCUT2D eigenvalue weighted by atomic mass is 35.5. The first-order valence-electron chi connectivity index (χ1n) is 9.63. The van der Waals surface area contributed by atoms with Gasteiger partial charge in [0.15, 0.2) is 0 Å². The van der Waals surface area contributed by atoms with Crippen molar-refractivity contribution in [2.75, 3.05) is 18.0 Å². The molecule has 9 heteroatoms. The highest BCUT2D eigenvalue weighted by Crippen LogP contribution is 2.29. The second-order valence-corrected chi connectivity index (χ2v) is 8.49. The van der Waals surface area contributed by atoms with Gasteiger partial charge in [0.05, 0.1) is 22.5 Å². The number of carbonyl (C=O) groups excluding carboxylic acids is 1. The van der Waals surface area contributed by atoms with Crippen molar-refractivity contribution in [3.8, 4) is 17.3 Å². The number of alkyl carbamates (subject to hydrolysis) is 1. The lowest BCUT2D eigenvalue weighted by molar-refractivity contribution is 0.0497. The number of carbonyl (C=O) groups is 1. The molecule has 1 aromatic heterocycles. The van der Waals surface area contributed by atoms with E-state index in [4.69, 9.17) is 21.6 Å².